The van der Waals surface area contributed by atoms with Crippen LogP contribution in [0.2, 0.25) is 0 Å². The summed E-state index contributed by atoms with van der Waals surface area (Å²) in [6.45, 7) is 6.53. The van der Waals surface area contributed by atoms with Gasteiger partial charge in [-0.1, -0.05) is 39.0 Å². The highest BCUT2D eigenvalue weighted by molar-refractivity contribution is 5.72. The Kier molecular flexibility index (Phi) is 2.53. The van der Waals surface area contributed by atoms with Gasteiger partial charge >= 0.3 is 5.97 Å². The van der Waals surface area contributed by atoms with Crippen molar-refractivity contribution in [3.63, 3.8) is 0 Å². The van der Waals surface area contributed by atoms with Crippen molar-refractivity contribution in [1.29, 1.82) is 0 Å². The number of hydrogen-bond acceptors (Lipinski definition) is 1. The summed E-state index contributed by atoms with van der Waals surface area (Å²) in [6, 6.07) is 6.24. The lowest BCUT2D eigenvalue weighted by atomic mass is 9.82. The maximum atomic E-state index is 11.0. The molecule has 86 valence electrons. The predicted molar refractivity (Wildman–Crippen MR) is 63.7 cm³/mol. The second-order valence-corrected chi connectivity index (χ2v) is 5.64. The van der Waals surface area contributed by atoms with Gasteiger partial charge < -0.3 is 5.11 Å². The van der Waals surface area contributed by atoms with Gasteiger partial charge in [0, 0.05) is 0 Å². The molecule has 0 saturated heterocycles. The van der Waals surface area contributed by atoms with Crippen LogP contribution in [-0.4, -0.2) is 11.1 Å². The molecule has 1 aliphatic carbocycles. The lowest BCUT2D eigenvalue weighted by molar-refractivity contribution is -0.141. The van der Waals surface area contributed by atoms with Gasteiger partial charge in [-0.25, -0.2) is 0 Å². The summed E-state index contributed by atoms with van der Waals surface area (Å²) in [5.74, 6) is -0.894. The zero-order chi connectivity index (χ0) is 11.9. The molecule has 0 radical (unpaired) electrons. The van der Waals surface area contributed by atoms with Crippen LogP contribution in [0.1, 0.15) is 37.5 Å². The number of aliphatic carboxylic acids is 1. The summed E-state index contributed by atoms with van der Waals surface area (Å²) >= 11 is 0. The molecule has 1 aliphatic rings. The quantitative estimate of drug-likeness (QED) is 0.787. The van der Waals surface area contributed by atoms with E-state index < -0.39 is 5.97 Å². The van der Waals surface area contributed by atoms with Crippen LogP contribution in [0.25, 0.3) is 0 Å². The van der Waals surface area contributed by atoms with E-state index in [1.54, 1.807) is 0 Å². The molecule has 1 aromatic rings. The molecule has 0 fully saturated rings. The Morgan fingerprint density at radius 1 is 1.31 bits per heavy atom. The number of fused-ring (bicyclic) bond motifs is 1. The van der Waals surface area contributed by atoms with Gasteiger partial charge in [0.15, 0.2) is 0 Å². The van der Waals surface area contributed by atoms with Crippen LogP contribution in [-0.2, 0) is 23.1 Å². The second-order valence-electron chi connectivity index (χ2n) is 5.64. The number of carboxylic acid groups (broad SMARTS) is 1. The van der Waals surface area contributed by atoms with E-state index >= 15 is 0 Å². The van der Waals surface area contributed by atoms with E-state index in [-0.39, 0.29) is 11.3 Å². The Balaban J connectivity index is 2.42. The third-order valence-corrected chi connectivity index (χ3v) is 3.35. The average molecular weight is 218 g/mol. The molecule has 0 saturated carbocycles. The van der Waals surface area contributed by atoms with Gasteiger partial charge in [-0.2, -0.15) is 0 Å². The Labute approximate surface area is 96.3 Å². The first-order chi connectivity index (χ1) is 7.39. The number of carboxylic acids is 1. The van der Waals surface area contributed by atoms with Crippen LogP contribution in [0, 0.1) is 5.92 Å². The van der Waals surface area contributed by atoms with Crippen molar-refractivity contribution in [1.82, 2.24) is 0 Å². The molecule has 1 aromatic carbocycles. The van der Waals surface area contributed by atoms with Gasteiger partial charge in [0.2, 0.25) is 0 Å². The van der Waals surface area contributed by atoms with E-state index in [1.807, 2.05) is 6.07 Å². The average Bonchev–Trinajstić information content (AvgIpc) is 2.58. The molecule has 0 aromatic heterocycles. The van der Waals surface area contributed by atoms with Crippen molar-refractivity contribution in [3.05, 3.63) is 34.9 Å². The van der Waals surface area contributed by atoms with Crippen LogP contribution in [0.4, 0.5) is 0 Å². The Morgan fingerprint density at radius 2 is 2.00 bits per heavy atom. The Hall–Kier alpha value is -1.31. The molecule has 1 N–H and O–H groups in total. The summed E-state index contributed by atoms with van der Waals surface area (Å²) in [4.78, 5) is 11.0. The molecule has 1 atom stereocenters. The molecule has 1 unspecified atom stereocenters. The van der Waals surface area contributed by atoms with Crippen molar-refractivity contribution in [2.75, 3.05) is 0 Å². The molecule has 2 heteroatoms. The van der Waals surface area contributed by atoms with Gasteiger partial charge in [-0.15, -0.1) is 0 Å². The van der Waals surface area contributed by atoms with E-state index in [1.165, 1.54) is 16.7 Å². The lowest BCUT2D eigenvalue weighted by Gasteiger charge is -2.22. The maximum absolute atomic E-state index is 11.0. The fourth-order valence-corrected chi connectivity index (χ4v) is 2.53. The maximum Gasteiger partial charge on any atom is 0.307 e. The summed E-state index contributed by atoms with van der Waals surface area (Å²) in [6.07, 6.45) is 1.38. The zero-order valence-corrected chi connectivity index (χ0v) is 10.1. The molecule has 0 spiro atoms. The summed E-state index contributed by atoms with van der Waals surface area (Å²) in [7, 11) is 0. The first kappa shape index (κ1) is 11.2. The van der Waals surface area contributed by atoms with Gasteiger partial charge in [-0.05, 0) is 34.9 Å². The normalized spacial score (nSPS) is 19.6. The minimum Gasteiger partial charge on any atom is -0.481 e. The number of carbonyl (C=O) groups is 1. The SMILES string of the molecule is CC(C)(C)c1cccc2c1CC(C(=O)O)C2. The van der Waals surface area contributed by atoms with Crippen LogP contribution < -0.4 is 0 Å². The van der Waals surface area contributed by atoms with E-state index in [9.17, 15) is 4.79 Å². The molecule has 0 bridgehead atoms. The highest BCUT2D eigenvalue weighted by Crippen LogP contribution is 2.35. The number of benzene rings is 1. The first-order valence-corrected chi connectivity index (χ1v) is 5.73. The van der Waals surface area contributed by atoms with Crippen molar-refractivity contribution in [2.45, 2.75) is 39.0 Å². The van der Waals surface area contributed by atoms with Crippen LogP contribution >= 0.6 is 0 Å². The minimum absolute atomic E-state index is 0.0960. The molecule has 2 rings (SSSR count). The van der Waals surface area contributed by atoms with Crippen LogP contribution in [0.3, 0.4) is 0 Å². The van der Waals surface area contributed by atoms with E-state index in [0.29, 0.717) is 12.8 Å². The molecule has 0 amide bonds. The molecular formula is C14H18O2. The highest BCUT2D eigenvalue weighted by atomic mass is 16.4. The smallest absolute Gasteiger partial charge is 0.307 e. The van der Waals surface area contributed by atoms with Gasteiger partial charge in [0.05, 0.1) is 5.92 Å². The van der Waals surface area contributed by atoms with Gasteiger partial charge in [-0.3, -0.25) is 4.79 Å². The highest BCUT2D eigenvalue weighted by Gasteiger charge is 2.31. The van der Waals surface area contributed by atoms with E-state index in [0.717, 1.165) is 0 Å². The minimum atomic E-state index is -0.670. The van der Waals surface area contributed by atoms with Crippen LogP contribution in [0.15, 0.2) is 18.2 Å². The summed E-state index contributed by atoms with van der Waals surface area (Å²) in [5.41, 5.74) is 3.88. The van der Waals surface area contributed by atoms with Gasteiger partial charge in [0.25, 0.3) is 0 Å². The first-order valence-electron chi connectivity index (χ1n) is 5.73. The molecule has 0 heterocycles. The fraction of sp³-hybridized carbons (Fsp3) is 0.500. The Bertz CT molecular complexity index is 427. The topological polar surface area (TPSA) is 37.3 Å². The zero-order valence-electron chi connectivity index (χ0n) is 10.1. The fourth-order valence-electron chi connectivity index (χ4n) is 2.53. The van der Waals surface area contributed by atoms with E-state index in [4.69, 9.17) is 5.11 Å². The van der Waals surface area contributed by atoms with Gasteiger partial charge in [0.1, 0.15) is 0 Å². The second kappa shape index (κ2) is 3.62. The number of rotatable bonds is 1. The van der Waals surface area contributed by atoms with Crippen LogP contribution in [0.5, 0.6) is 0 Å². The number of hydrogen-bond donors (Lipinski definition) is 1. The standard InChI is InChI=1S/C14H18O2/c1-14(2,3)12-6-4-5-9-7-10(13(15)16)8-11(9)12/h4-6,10H,7-8H2,1-3H3,(H,15,16). The van der Waals surface area contributed by atoms with E-state index in [2.05, 4.69) is 32.9 Å². The molecular weight excluding hydrogens is 200 g/mol. The Morgan fingerprint density at radius 3 is 2.56 bits per heavy atom. The van der Waals surface area contributed by atoms with Crippen molar-refractivity contribution >= 4 is 5.97 Å². The van der Waals surface area contributed by atoms with Crippen molar-refractivity contribution in [2.24, 2.45) is 5.92 Å². The van der Waals surface area contributed by atoms with Crippen molar-refractivity contribution < 1.29 is 9.90 Å². The molecule has 0 aliphatic heterocycles. The third-order valence-electron chi connectivity index (χ3n) is 3.35. The largest absolute Gasteiger partial charge is 0.481 e. The monoisotopic (exact) mass is 218 g/mol. The predicted octanol–water partition coefficient (Wildman–Crippen LogP) is 2.78. The summed E-state index contributed by atoms with van der Waals surface area (Å²) in [5, 5.41) is 9.08. The lowest BCUT2D eigenvalue weighted by Crippen LogP contribution is -2.16. The van der Waals surface area contributed by atoms with Crippen molar-refractivity contribution in [3.8, 4) is 0 Å². The molecule has 16 heavy (non-hydrogen) atoms. The third kappa shape index (κ3) is 1.84. The molecule has 2 nitrogen and oxygen atoms in total. The summed E-state index contributed by atoms with van der Waals surface area (Å²) < 4.78 is 0.